The van der Waals surface area contributed by atoms with Gasteiger partial charge in [0.25, 0.3) is 0 Å². The van der Waals surface area contributed by atoms with Gasteiger partial charge in [0.1, 0.15) is 11.8 Å². The Bertz CT molecular complexity index is 1030. The fraction of sp³-hybridized carbons (Fsp3) is 0.200. The molecule has 152 valence electrons. The van der Waals surface area contributed by atoms with Gasteiger partial charge < -0.3 is 15.0 Å². The highest BCUT2D eigenvalue weighted by Crippen LogP contribution is 2.32. The summed E-state index contributed by atoms with van der Waals surface area (Å²) in [7, 11) is 1.62. The molecule has 0 unspecified atom stereocenters. The van der Waals surface area contributed by atoms with Crippen LogP contribution < -0.4 is 10.1 Å². The lowest BCUT2D eigenvalue weighted by molar-refractivity contribution is -0.142. The van der Waals surface area contributed by atoms with Crippen molar-refractivity contribution in [3.8, 4) is 5.75 Å². The molecule has 0 fully saturated rings. The highest BCUT2D eigenvalue weighted by molar-refractivity contribution is 5.92. The molecule has 0 radical (unpaired) electrons. The third-order valence-corrected chi connectivity index (χ3v) is 5.39. The number of fused-ring (bicyclic) bond motifs is 1. The predicted molar refractivity (Wildman–Crippen MR) is 115 cm³/mol. The Morgan fingerprint density at radius 3 is 2.40 bits per heavy atom. The summed E-state index contributed by atoms with van der Waals surface area (Å²) < 4.78 is 5.18. The molecule has 5 heteroatoms. The lowest BCUT2D eigenvalue weighted by Gasteiger charge is -2.36. The van der Waals surface area contributed by atoms with Crippen molar-refractivity contribution >= 4 is 11.8 Å². The van der Waals surface area contributed by atoms with E-state index in [9.17, 15) is 9.59 Å². The van der Waals surface area contributed by atoms with Crippen molar-refractivity contribution in [2.24, 2.45) is 0 Å². The number of benzene rings is 3. The Kier molecular flexibility index (Phi) is 5.80. The van der Waals surface area contributed by atoms with E-state index in [4.69, 9.17) is 4.74 Å². The molecule has 0 saturated heterocycles. The van der Waals surface area contributed by atoms with Crippen molar-refractivity contribution in [3.05, 3.63) is 101 Å². The summed E-state index contributed by atoms with van der Waals surface area (Å²) in [4.78, 5) is 27.9. The first-order valence-corrected chi connectivity index (χ1v) is 9.97. The number of carbonyl (C=O) groups is 2. The molecule has 1 N–H and O–H groups in total. The molecule has 0 aromatic heterocycles. The van der Waals surface area contributed by atoms with Gasteiger partial charge in [-0.15, -0.1) is 0 Å². The van der Waals surface area contributed by atoms with Gasteiger partial charge in [-0.1, -0.05) is 66.7 Å². The molecule has 4 rings (SSSR count). The van der Waals surface area contributed by atoms with Crippen LogP contribution in [0.4, 0.5) is 0 Å². The molecule has 3 aromatic carbocycles. The number of nitrogens with one attached hydrogen (secondary N) is 1. The highest BCUT2D eigenvalue weighted by Gasteiger charge is 2.36. The van der Waals surface area contributed by atoms with Crippen molar-refractivity contribution < 1.29 is 14.3 Å². The van der Waals surface area contributed by atoms with Gasteiger partial charge in [0.15, 0.2) is 0 Å². The van der Waals surface area contributed by atoms with Gasteiger partial charge in [0.2, 0.25) is 11.8 Å². The van der Waals surface area contributed by atoms with E-state index in [0.29, 0.717) is 19.5 Å². The van der Waals surface area contributed by atoms with Crippen LogP contribution in [0.3, 0.4) is 0 Å². The van der Waals surface area contributed by atoms with E-state index in [-0.39, 0.29) is 11.8 Å². The molecule has 1 heterocycles. The summed E-state index contributed by atoms with van der Waals surface area (Å²) in [6.45, 7) is 0.781. The number of amides is 2. The second-order valence-electron chi connectivity index (χ2n) is 7.35. The molecule has 5 nitrogen and oxygen atoms in total. The molecule has 30 heavy (non-hydrogen) atoms. The van der Waals surface area contributed by atoms with E-state index in [1.54, 1.807) is 12.0 Å². The number of ether oxygens (including phenoxy) is 1. The Morgan fingerprint density at radius 2 is 1.67 bits per heavy atom. The quantitative estimate of drug-likeness (QED) is 0.687. The fourth-order valence-electron chi connectivity index (χ4n) is 3.81. The molecule has 1 atom stereocenters. The molecule has 0 aliphatic carbocycles. The number of hydrogen-bond acceptors (Lipinski definition) is 3. The monoisotopic (exact) mass is 400 g/mol. The molecule has 2 amide bonds. The van der Waals surface area contributed by atoms with Crippen molar-refractivity contribution in [3.63, 3.8) is 0 Å². The number of carbonyl (C=O) groups excluding carboxylic acids is 2. The maximum atomic E-state index is 13.3. The average Bonchev–Trinajstić information content (AvgIpc) is 2.79. The first-order chi connectivity index (χ1) is 14.7. The number of rotatable bonds is 6. The van der Waals surface area contributed by atoms with E-state index in [0.717, 1.165) is 28.0 Å². The van der Waals surface area contributed by atoms with Crippen LogP contribution in [0.25, 0.3) is 0 Å². The first-order valence-electron chi connectivity index (χ1n) is 9.97. The predicted octanol–water partition coefficient (Wildman–Crippen LogP) is 3.64. The summed E-state index contributed by atoms with van der Waals surface area (Å²) >= 11 is 0. The lowest BCUT2D eigenvalue weighted by Crippen LogP contribution is -2.46. The van der Waals surface area contributed by atoms with Gasteiger partial charge >= 0.3 is 0 Å². The van der Waals surface area contributed by atoms with Gasteiger partial charge in [0.05, 0.1) is 13.5 Å². The molecular formula is C25H24N2O3. The Labute approximate surface area is 176 Å². The van der Waals surface area contributed by atoms with Crippen LogP contribution >= 0.6 is 0 Å². The number of hydrogen-bond donors (Lipinski definition) is 1. The summed E-state index contributed by atoms with van der Waals surface area (Å²) in [6, 6.07) is 24.4. The van der Waals surface area contributed by atoms with Crippen LogP contribution in [0.2, 0.25) is 0 Å². The van der Waals surface area contributed by atoms with E-state index in [1.165, 1.54) is 0 Å². The second-order valence-corrected chi connectivity index (χ2v) is 7.35. The molecule has 0 saturated carbocycles. The smallest absolute Gasteiger partial charge is 0.247 e. The average molecular weight is 400 g/mol. The Hall–Kier alpha value is -3.60. The molecule has 0 spiro atoms. The van der Waals surface area contributed by atoms with Crippen molar-refractivity contribution in [1.82, 2.24) is 10.2 Å². The number of nitrogens with zero attached hydrogens (tertiary/aromatic N) is 1. The fourth-order valence-corrected chi connectivity index (χ4v) is 3.81. The number of methoxy groups -OCH3 is 1. The van der Waals surface area contributed by atoms with Crippen molar-refractivity contribution in [2.75, 3.05) is 7.11 Å². The topological polar surface area (TPSA) is 58.6 Å². The van der Waals surface area contributed by atoms with Gasteiger partial charge in [-0.25, -0.2) is 0 Å². The van der Waals surface area contributed by atoms with Crippen LogP contribution in [-0.4, -0.2) is 23.8 Å². The summed E-state index contributed by atoms with van der Waals surface area (Å²) in [6.07, 6.45) is 0.311. The van der Waals surface area contributed by atoms with Crippen LogP contribution in [0.15, 0.2) is 78.9 Å². The summed E-state index contributed by atoms with van der Waals surface area (Å²) in [5.74, 6) is 0.551. The van der Waals surface area contributed by atoms with Crippen LogP contribution in [-0.2, 0) is 29.1 Å². The largest absolute Gasteiger partial charge is 0.497 e. The van der Waals surface area contributed by atoms with Crippen molar-refractivity contribution in [2.45, 2.75) is 25.6 Å². The van der Waals surface area contributed by atoms with Crippen molar-refractivity contribution in [1.29, 1.82) is 0 Å². The minimum atomic E-state index is -0.652. The Balaban J connectivity index is 1.58. The van der Waals surface area contributed by atoms with Gasteiger partial charge in [0, 0.05) is 13.1 Å². The highest BCUT2D eigenvalue weighted by atomic mass is 16.5. The minimum Gasteiger partial charge on any atom is -0.497 e. The van der Waals surface area contributed by atoms with E-state index >= 15 is 0 Å². The van der Waals surface area contributed by atoms with Crippen LogP contribution in [0.1, 0.15) is 28.3 Å². The zero-order valence-electron chi connectivity index (χ0n) is 16.9. The van der Waals surface area contributed by atoms with Crippen LogP contribution in [0, 0.1) is 0 Å². The molecule has 0 bridgehead atoms. The lowest BCUT2D eigenvalue weighted by atomic mass is 9.91. The third kappa shape index (κ3) is 4.20. The molecule has 3 aromatic rings. The van der Waals surface area contributed by atoms with E-state index < -0.39 is 6.04 Å². The first kappa shape index (κ1) is 19.7. The second kappa shape index (κ2) is 8.82. The third-order valence-electron chi connectivity index (χ3n) is 5.39. The minimum absolute atomic E-state index is 0.0397. The van der Waals surface area contributed by atoms with Gasteiger partial charge in [-0.3, -0.25) is 9.59 Å². The van der Waals surface area contributed by atoms with Gasteiger partial charge in [-0.2, -0.15) is 0 Å². The molecule has 1 aliphatic heterocycles. The van der Waals surface area contributed by atoms with Gasteiger partial charge in [-0.05, 0) is 34.4 Å². The molecular weight excluding hydrogens is 376 g/mol. The zero-order chi connectivity index (χ0) is 20.9. The Morgan fingerprint density at radius 1 is 0.967 bits per heavy atom. The standard InChI is InChI=1S/C25H24N2O3/c1-30-21-13-11-18(12-14-21)16-26-25(29)24-22-10-6-5-9-20(22)15-23(28)27(24)17-19-7-3-2-4-8-19/h2-14,24H,15-17H2,1H3,(H,26,29)/t24-/m1/s1. The van der Waals surface area contributed by atoms with E-state index in [1.807, 2.05) is 78.9 Å². The SMILES string of the molecule is COc1ccc(CNC(=O)[C@H]2c3ccccc3CC(=O)N2Cc2ccccc2)cc1. The maximum absolute atomic E-state index is 13.3. The summed E-state index contributed by atoms with van der Waals surface area (Å²) in [5, 5.41) is 3.01. The maximum Gasteiger partial charge on any atom is 0.247 e. The zero-order valence-corrected chi connectivity index (χ0v) is 16.9. The summed E-state index contributed by atoms with van der Waals surface area (Å²) in [5.41, 5.74) is 3.77. The van der Waals surface area contributed by atoms with Crippen LogP contribution in [0.5, 0.6) is 5.75 Å². The normalized spacial score (nSPS) is 15.4. The molecule has 1 aliphatic rings. The van der Waals surface area contributed by atoms with E-state index in [2.05, 4.69) is 5.32 Å².